The van der Waals surface area contributed by atoms with Crippen LogP contribution in [0.5, 0.6) is 0 Å². The lowest BCUT2D eigenvalue weighted by atomic mass is 9.92. The molecule has 7 nitrogen and oxygen atoms in total. The van der Waals surface area contributed by atoms with E-state index in [4.69, 9.17) is 34.8 Å². The van der Waals surface area contributed by atoms with Crippen LogP contribution in [0.2, 0.25) is 15.1 Å². The predicted molar refractivity (Wildman–Crippen MR) is 139 cm³/mol. The van der Waals surface area contributed by atoms with Crippen molar-refractivity contribution in [2.45, 2.75) is 33.1 Å². The lowest BCUT2D eigenvalue weighted by Gasteiger charge is -2.21. The van der Waals surface area contributed by atoms with Crippen LogP contribution in [0, 0.1) is 0 Å². The Morgan fingerprint density at radius 3 is 2.32 bits per heavy atom. The molecule has 1 heterocycles. The maximum atomic E-state index is 12.9. The van der Waals surface area contributed by atoms with Crippen LogP contribution in [-0.2, 0) is 10.2 Å². The first-order valence-electron chi connectivity index (χ1n) is 10.7. The molecule has 0 radical (unpaired) electrons. The first-order chi connectivity index (χ1) is 16.0. The number of halogens is 3. The molecule has 1 aromatic heterocycles. The topological polar surface area (TPSA) is 79.3 Å². The number of carbonyl (C=O) groups excluding carboxylic acids is 2. The molecule has 2 N–H and O–H groups in total. The van der Waals surface area contributed by atoms with Gasteiger partial charge in [-0.1, -0.05) is 67.7 Å². The molecular formula is C24H26Cl3N5O2. The quantitative estimate of drug-likeness (QED) is 0.382. The molecule has 0 fully saturated rings. The molecule has 0 saturated heterocycles. The molecule has 34 heavy (non-hydrogen) atoms. The normalized spacial score (nSPS) is 11.3. The maximum Gasteiger partial charge on any atom is 0.322 e. The largest absolute Gasteiger partial charge is 0.322 e. The third kappa shape index (κ3) is 6.23. The molecule has 0 unspecified atom stereocenters. The van der Waals surface area contributed by atoms with E-state index in [1.807, 2.05) is 45.0 Å². The average molecular weight is 523 g/mol. The fourth-order valence-electron chi connectivity index (χ4n) is 3.11. The predicted octanol–water partition coefficient (Wildman–Crippen LogP) is 6.62. The van der Waals surface area contributed by atoms with Gasteiger partial charge in [-0.3, -0.25) is 4.79 Å². The van der Waals surface area contributed by atoms with Gasteiger partial charge in [0.05, 0.1) is 27.1 Å². The van der Waals surface area contributed by atoms with Crippen molar-refractivity contribution in [1.29, 1.82) is 0 Å². The second-order valence-corrected chi connectivity index (χ2v) is 9.90. The van der Waals surface area contributed by atoms with Gasteiger partial charge in [0.2, 0.25) is 5.91 Å². The van der Waals surface area contributed by atoms with E-state index in [2.05, 4.69) is 15.7 Å². The smallest absolute Gasteiger partial charge is 0.315 e. The summed E-state index contributed by atoms with van der Waals surface area (Å²) in [6.45, 7) is 8.00. The highest BCUT2D eigenvalue weighted by Gasteiger charge is 2.23. The summed E-state index contributed by atoms with van der Waals surface area (Å²) >= 11 is 18.4. The Bertz CT molecular complexity index is 1200. The van der Waals surface area contributed by atoms with Gasteiger partial charge in [0.1, 0.15) is 12.4 Å². The van der Waals surface area contributed by atoms with E-state index < -0.39 is 6.03 Å². The van der Waals surface area contributed by atoms with E-state index in [9.17, 15) is 9.59 Å². The highest BCUT2D eigenvalue weighted by Crippen LogP contribution is 2.29. The molecule has 3 aromatic rings. The number of benzene rings is 2. The van der Waals surface area contributed by atoms with Crippen LogP contribution in [0.15, 0.2) is 48.5 Å². The minimum absolute atomic E-state index is 0.175. The summed E-state index contributed by atoms with van der Waals surface area (Å²) < 4.78 is 1.60. The third-order valence-corrected chi connectivity index (χ3v) is 5.87. The van der Waals surface area contributed by atoms with Gasteiger partial charge in [0.15, 0.2) is 0 Å². The number of nitrogens with zero attached hydrogens (tertiary/aromatic N) is 3. The zero-order valence-electron chi connectivity index (χ0n) is 19.3. The zero-order valence-corrected chi connectivity index (χ0v) is 21.6. The Hall–Kier alpha value is -2.74. The monoisotopic (exact) mass is 521 g/mol. The number of rotatable bonds is 6. The van der Waals surface area contributed by atoms with E-state index in [0.29, 0.717) is 38.8 Å². The molecule has 0 aliphatic rings. The summed E-state index contributed by atoms with van der Waals surface area (Å²) in [5, 5.41) is 11.5. The highest BCUT2D eigenvalue weighted by molar-refractivity contribution is 6.36. The van der Waals surface area contributed by atoms with Crippen LogP contribution >= 0.6 is 34.8 Å². The fourth-order valence-corrected chi connectivity index (χ4v) is 3.78. The first kappa shape index (κ1) is 25.9. The molecule has 0 aliphatic carbocycles. The molecule has 0 aliphatic heterocycles. The summed E-state index contributed by atoms with van der Waals surface area (Å²) in [5.74, 6) is 0.0769. The van der Waals surface area contributed by atoms with Crippen LogP contribution < -0.4 is 10.6 Å². The van der Waals surface area contributed by atoms with Crippen LogP contribution in [0.1, 0.15) is 33.4 Å². The second kappa shape index (κ2) is 10.7. The van der Waals surface area contributed by atoms with Crippen molar-refractivity contribution in [3.05, 3.63) is 69.3 Å². The van der Waals surface area contributed by atoms with Crippen molar-refractivity contribution in [3.63, 3.8) is 0 Å². The Kier molecular flexibility index (Phi) is 8.13. The van der Waals surface area contributed by atoms with Crippen molar-refractivity contribution >= 4 is 58.2 Å². The molecule has 3 amide bonds. The number of urea groups is 1. The Balaban J connectivity index is 1.79. The molecule has 0 saturated carbocycles. The van der Waals surface area contributed by atoms with Gasteiger partial charge in [-0.2, -0.15) is 5.10 Å². The van der Waals surface area contributed by atoms with Crippen molar-refractivity contribution in [2.24, 2.45) is 0 Å². The molecule has 0 spiro atoms. The maximum absolute atomic E-state index is 12.9. The summed E-state index contributed by atoms with van der Waals surface area (Å²) in [6, 6.07) is 13.3. The van der Waals surface area contributed by atoms with E-state index >= 15 is 0 Å². The standard InChI is InChI=1S/C24H26Cl3N5O2/c1-5-31(23(34)28-18-11-10-15(25)12-17(18)27)14-22(33)29-21-13-20(24(2,3)4)30-32(21)19-9-7-6-8-16(19)26/h6-13H,5,14H2,1-4H3,(H,28,34)(H,29,33). The fraction of sp³-hybridized carbons (Fsp3) is 0.292. The highest BCUT2D eigenvalue weighted by atomic mass is 35.5. The SMILES string of the molecule is CCN(CC(=O)Nc1cc(C(C)(C)C)nn1-c1ccccc1Cl)C(=O)Nc1ccc(Cl)cc1Cl. The van der Waals surface area contributed by atoms with E-state index in [1.54, 1.807) is 29.8 Å². The number of aromatic nitrogens is 2. The van der Waals surface area contributed by atoms with Crippen molar-refractivity contribution in [3.8, 4) is 5.69 Å². The number of hydrogen-bond acceptors (Lipinski definition) is 3. The van der Waals surface area contributed by atoms with Gasteiger partial charge in [-0.15, -0.1) is 0 Å². The lowest BCUT2D eigenvalue weighted by Crippen LogP contribution is -2.40. The third-order valence-electron chi connectivity index (χ3n) is 5.00. The van der Waals surface area contributed by atoms with Gasteiger partial charge in [0.25, 0.3) is 0 Å². The van der Waals surface area contributed by atoms with Gasteiger partial charge in [-0.25, -0.2) is 9.48 Å². The van der Waals surface area contributed by atoms with Crippen LogP contribution in [0.25, 0.3) is 5.69 Å². The summed E-state index contributed by atoms with van der Waals surface area (Å²) in [7, 11) is 0. The van der Waals surface area contributed by atoms with Gasteiger partial charge < -0.3 is 15.5 Å². The molecular weight excluding hydrogens is 497 g/mol. The number of nitrogens with one attached hydrogen (secondary N) is 2. The van der Waals surface area contributed by atoms with Gasteiger partial charge in [-0.05, 0) is 37.3 Å². The number of anilines is 2. The van der Waals surface area contributed by atoms with Crippen LogP contribution in [0.3, 0.4) is 0 Å². The van der Waals surface area contributed by atoms with Crippen LogP contribution in [0.4, 0.5) is 16.3 Å². The van der Waals surface area contributed by atoms with E-state index in [1.165, 1.54) is 11.0 Å². The molecule has 2 aromatic carbocycles. The summed E-state index contributed by atoms with van der Waals surface area (Å²) in [4.78, 5) is 27.0. The molecule has 0 atom stereocenters. The van der Waals surface area contributed by atoms with Crippen molar-refractivity contribution in [2.75, 3.05) is 23.7 Å². The zero-order chi connectivity index (χ0) is 25.0. The Labute approximate surface area is 214 Å². The number of hydrogen-bond donors (Lipinski definition) is 2. The summed E-state index contributed by atoms with van der Waals surface area (Å²) in [5.41, 5.74) is 1.57. The van der Waals surface area contributed by atoms with Gasteiger partial charge >= 0.3 is 6.03 Å². The Morgan fingerprint density at radius 2 is 1.71 bits per heavy atom. The minimum Gasteiger partial charge on any atom is -0.315 e. The van der Waals surface area contributed by atoms with Crippen molar-refractivity contribution in [1.82, 2.24) is 14.7 Å². The minimum atomic E-state index is -0.461. The number of carbonyl (C=O) groups is 2. The molecule has 0 bridgehead atoms. The first-order valence-corrected chi connectivity index (χ1v) is 11.8. The van der Waals surface area contributed by atoms with Gasteiger partial charge in [0, 0.05) is 23.0 Å². The Morgan fingerprint density at radius 1 is 1.00 bits per heavy atom. The average Bonchev–Trinajstić information content (AvgIpc) is 3.18. The summed E-state index contributed by atoms with van der Waals surface area (Å²) in [6.07, 6.45) is 0. The molecule has 180 valence electrons. The second-order valence-electron chi connectivity index (χ2n) is 8.64. The molecule has 3 rings (SSSR count). The molecule has 10 heteroatoms. The number of amides is 3. The number of likely N-dealkylation sites (N-methyl/N-ethyl adjacent to an activating group) is 1. The lowest BCUT2D eigenvalue weighted by molar-refractivity contribution is -0.116. The van der Waals surface area contributed by atoms with E-state index in [0.717, 1.165) is 5.69 Å². The van der Waals surface area contributed by atoms with Crippen molar-refractivity contribution < 1.29 is 9.59 Å². The van der Waals surface area contributed by atoms with Crippen LogP contribution in [-0.4, -0.2) is 39.7 Å². The number of para-hydroxylation sites is 1. The van der Waals surface area contributed by atoms with E-state index in [-0.39, 0.29) is 17.9 Å².